The smallest absolute Gasteiger partial charge is 0.219 e. The normalized spacial score (nSPS) is 18.9. The molecule has 0 radical (unpaired) electrons. The van der Waals surface area contributed by atoms with E-state index in [-0.39, 0.29) is 11.1 Å². The highest BCUT2D eigenvalue weighted by atomic mass is 15.1. The fraction of sp³-hybridized carbons (Fsp3) is 0.167. The number of nitrogens with two attached hydrogens (primary N) is 2. The second kappa shape index (κ2) is 8.40. The summed E-state index contributed by atoms with van der Waals surface area (Å²) >= 11 is 0. The maximum absolute atomic E-state index is 6.41. The van der Waals surface area contributed by atoms with E-state index < -0.39 is 0 Å². The number of nitrogen functional groups attached to an aromatic ring is 2. The first-order chi connectivity index (χ1) is 19.6. The van der Waals surface area contributed by atoms with Crippen molar-refractivity contribution in [3.63, 3.8) is 0 Å². The third kappa shape index (κ3) is 2.96. The summed E-state index contributed by atoms with van der Waals surface area (Å²) in [6.07, 6.45) is 27.0. The summed E-state index contributed by atoms with van der Waals surface area (Å²) in [6.45, 7) is 0. The van der Waals surface area contributed by atoms with Crippen molar-refractivity contribution in [2.75, 3.05) is 11.5 Å². The number of benzene rings is 2. The Kier molecular flexibility index (Phi) is 4.87. The highest BCUT2D eigenvalue weighted by molar-refractivity contribution is 5.88. The van der Waals surface area contributed by atoms with Gasteiger partial charge in [-0.15, -0.1) is 0 Å². The van der Waals surface area contributed by atoms with Gasteiger partial charge in [0.25, 0.3) is 0 Å². The zero-order valence-corrected chi connectivity index (χ0v) is 22.4. The molecule has 4 aliphatic rings. The van der Waals surface area contributed by atoms with Crippen LogP contribution in [0.4, 0.5) is 11.4 Å². The van der Waals surface area contributed by atoms with Crippen LogP contribution in [0.15, 0.2) is 144 Å². The third-order valence-corrected chi connectivity index (χ3v) is 9.59. The van der Waals surface area contributed by atoms with Gasteiger partial charge in [-0.3, -0.25) is 0 Å². The molecule has 40 heavy (non-hydrogen) atoms. The lowest BCUT2D eigenvalue weighted by Gasteiger charge is -2.28. The molecule has 4 nitrogen and oxygen atoms in total. The summed E-state index contributed by atoms with van der Waals surface area (Å²) in [5.41, 5.74) is 21.9. The molecule has 4 aliphatic carbocycles. The zero-order chi connectivity index (χ0) is 26.9. The molecule has 4 N–H and O–H groups in total. The van der Waals surface area contributed by atoms with Crippen LogP contribution in [-0.4, -0.2) is 0 Å². The lowest BCUT2D eigenvalue weighted by molar-refractivity contribution is -0.722. The molecule has 194 valence electrons. The maximum atomic E-state index is 6.41. The molecule has 0 amide bonds. The van der Waals surface area contributed by atoms with E-state index >= 15 is 0 Å². The van der Waals surface area contributed by atoms with Crippen molar-refractivity contribution in [1.29, 1.82) is 0 Å². The minimum Gasteiger partial charge on any atom is -0.398 e. The Labute approximate surface area is 234 Å². The minimum atomic E-state index is -0.188. The van der Waals surface area contributed by atoms with Gasteiger partial charge in [0.1, 0.15) is 0 Å². The van der Waals surface area contributed by atoms with Gasteiger partial charge in [-0.1, -0.05) is 72.9 Å². The van der Waals surface area contributed by atoms with Crippen molar-refractivity contribution in [2.24, 2.45) is 0 Å². The summed E-state index contributed by atoms with van der Waals surface area (Å²) in [5, 5.41) is 2.21. The predicted molar refractivity (Wildman–Crippen MR) is 162 cm³/mol. The van der Waals surface area contributed by atoms with Gasteiger partial charge in [0.2, 0.25) is 22.1 Å². The number of pyridine rings is 2. The molecule has 0 spiro atoms. The van der Waals surface area contributed by atoms with Crippen LogP contribution in [0.1, 0.15) is 25.7 Å². The molecule has 0 unspecified atom stereocenters. The molecule has 0 saturated carbocycles. The summed E-state index contributed by atoms with van der Waals surface area (Å²) in [7, 11) is 0. The van der Waals surface area contributed by atoms with Crippen LogP contribution in [0, 0.1) is 0 Å². The standard InChI is InChI=1S/C36H30N4/c37-31-19-23-39(33-9-3-1-7-29(31)33)35(25-11-12-26(35)14-13-25)21-5-6-22-36(27-15-16-28(36)18-17-27)40-24-20-32(38)30-8-2-4-10-34(30)40/h1-4,7-20,23-24,37-38H,5-6,21-22H2/p+2. The molecular weight excluding hydrogens is 488 g/mol. The fourth-order valence-electron chi connectivity index (χ4n) is 7.68. The number of anilines is 2. The van der Waals surface area contributed by atoms with E-state index in [1.54, 1.807) is 0 Å². The van der Waals surface area contributed by atoms with Gasteiger partial charge >= 0.3 is 0 Å². The SMILES string of the molecule is Nc1cc[n+](C2(CCCCC3([n+]4ccc(N)c5ccccc54)C4=CC=C3C=C4)C3=CC=C2C=C3)c2ccccc12. The Morgan fingerprint density at radius 1 is 0.500 bits per heavy atom. The van der Waals surface area contributed by atoms with Crippen LogP contribution < -0.4 is 20.6 Å². The molecule has 2 aromatic carbocycles. The molecular formula is C36H32N4+2. The Balaban J connectivity index is 1.14. The molecule has 2 aromatic heterocycles. The van der Waals surface area contributed by atoms with Gasteiger partial charge in [0, 0.05) is 59.4 Å². The van der Waals surface area contributed by atoms with Crippen molar-refractivity contribution in [1.82, 2.24) is 0 Å². The van der Waals surface area contributed by atoms with E-state index in [4.69, 9.17) is 11.5 Å². The highest BCUT2D eigenvalue weighted by Crippen LogP contribution is 2.48. The number of hydrogen-bond donors (Lipinski definition) is 2. The van der Waals surface area contributed by atoms with Gasteiger partial charge in [-0.25, -0.2) is 0 Å². The number of aromatic nitrogens is 2. The topological polar surface area (TPSA) is 59.8 Å². The Hall–Kier alpha value is -4.70. The monoisotopic (exact) mass is 520 g/mol. The van der Waals surface area contributed by atoms with E-state index in [2.05, 4.69) is 131 Å². The van der Waals surface area contributed by atoms with Gasteiger partial charge in [-0.05, 0) is 25.0 Å². The van der Waals surface area contributed by atoms with Crippen LogP contribution in [0.2, 0.25) is 0 Å². The first-order valence-electron chi connectivity index (χ1n) is 14.2. The van der Waals surface area contributed by atoms with E-state index in [1.165, 1.54) is 33.3 Å². The summed E-state index contributed by atoms with van der Waals surface area (Å²) in [6, 6.07) is 21.1. The molecule has 0 saturated heterocycles. The number of rotatable bonds is 7. The van der Waals surface area contributed by atoms with Gasteiger partial charge in [0.05, 0.1) is 22.1 Å². The van der Waals surface area contributed by atoms with Crippen molar-refractivity contribution in [2.45, 2.75) is 36.8 Å². The average molecular weight is 521 g/mol. The number of para-hydroxylation sites is 2. The lowest BCUT2D eigenvalue weighted by Crippen LogP contribution is -2.57. The van der Waals surface area contributed by atoms with E-state index in [0.717, 1.165) is 47.8 Å². The minimum absolute atomic E-state index is 0.188. The van der Waals surface area contributed by atoms with Crippen LogP contribution >= 0.6 is 0 Å². The largest absolute Gasteiger partial charge is 0.398 e. The fourth-order valence-corrected chi connectivity index (χ4v) is 7.68. The number of fused-ring (bicyclic) bond motifs is 6. The molecule has 8 rings (SSSR count). The summed E-state index contributed by atoms with van der Waals surface area (Å²) < 4.78 is 4.93. The summed E-state index contributed by atoms with van der Waals surface area (Å²) in [4.78, 5) is 0. The Morgan fingerprint density at radius 2 is 0.875 bits per heavy atom. The third-order valence-electron chi connectivity index (χ3n) is 9.59. The Morgan fingerprint density at radius 3 is 1.25 bits per heavy atom. The molecule has 2 heterocycles. The number of unbranched alkanes of at least 4 members (excludes halogenated alkanes) is 1. The van der Waals surface area contributed by atoms with E-state index in [9.17, 15) is 0 Å². The first kappa shape index (κ1) is 23.2. The van der Waals surface area contributed by atoms with Crippen LogP contribution in [0.3, 0.4) is 0 Å². The van der Waals surface area contributed by atoms with E-state index in [0.29, 0.717) is 0 Å². The van der Waals surface area contributed by atoms with Gasteiger partial charge in [-0.2, -0.15) is 9.13 Å². The summed E-state index contributed by atoms with van der Waals surface area (Å²) in [5.74, 6) is 0. The predicted octanol–water partition coefficient (Wildman–Crippen LogP) is 6.26. The van der Waals surface area contributed by atoms with Crippen LogP contribution in [0.25, 0.3) is 21.8 Å². The van der Waals surface area contributed by atoms with Crippen molar-refractivity contribution >= 4 is 33.2 Å². The lowest BCUT2D eigenvalue weighted by atomic mass is 9.81. The van der Waals surface area contributed by atoms with E-state index in [1.807, 2.05) is 0 Å². The van der Waals surface area contributed by atoms with Gasteiger partial charge < -0.3 is 11.5 Å². The molecule has 4 heteroatoms. The Bertz CT molecular complexity index is 1750. The van der Waals surface area contributed by atoms with Gasteiger partial charge in [0.15, 0.2) is 12.4 Å². The molecule has 4 bridgehead atoms. The highest BCUT2D eigenvalue weighted by Gasteiger charge is 2.53. The van der Waals surface area contributed by atoms with Crippen molar-refractivity contribution in [3.05, 3.63) is 144 Å². The molecule has 0 fully saturated rings. The van der Waals surface area contributed by atoms with Crippen LogP contribution in [0.5, 0.6) is 0 Å². The number of hydrogen-bond acceptors (Lipinski definition) is 2. The van der Waals surface area contributed by atoms with Crippen molar-refractivity contribution < 1.29 is 9.13 Å². The maximum Gasteiger partial charge on any atom is 0.219 e. The second-order valence-electron chi connectivity index (χ2n) is 11.4. The van der Waals surface area contributed by atoms with Crippen LogP contribution in [-0.2, 0) is 11.1 Å². The molecule has 0 atom stereocenters. The first-order valence-corrected chi connectivity index (χ1v) is 14.2. The number of allylic oxidation sites excluding steroid dienone is 12. The average Bonchev–Trinajstić information content (AvgIpc) is 3.74. The zero-order valence-electron chi connectivity index (χ0n) is 22.4. The second-order valence-corrected chi connectivity index (χ2v) is 11.4. The molecule has 4 aromatic rings. The van der Waals surface area contributed by atoms with Crippen molar-refractivity contribution in [3.8, 4) is 0 Å². The number of nitrogens with zero attached hydrogens (tertiary/aromatic N) is 2. The molecule has 0 aliphatic heterocycles. The quantitative estimate of drug-likeness (QED) is 0.223.